The number of benzene rings is 2. The highest BCUT2D eigenvalue weighted by Crippen LogP contribution is 2.29. The van der Waals surface area contributed by atoms with Gasteiger partial charge in [-0.25, -0.2) is 17.9 Å². The number of nitrogens with one attached hydrogen (secondary N) is 2. The highest BCUT2D eigenvalue weighted by Gasteiger charge is 2.29. The third kappa shape index (κ3) is 5.66. The number of hydrogen-bond donors (Lipinski definition) is 2. The molecule has 0 bridgehead atoms. The van der Waals surface area contributed by atoms with Crippen molar-refractivity contribution in [2.24, 2.45) is 0 Å². The molecule has 0 radical (unpaired) electrons. The number of carbonyl (C=O) groups is 1. The summed E-state index contributed by atoms with van der Waals surface area (Å²) in [4.78, 5) is 14.6. The molecule has 1 fully saturated rings. The molecule has 0 aromatic heterocycles. The van der Waals surface area contributed by atoms with E-state index < -0.39 is 10.0 Å². The van der Waals surface area contributed by atoms with E-state index in [2.05, 4.69) is 30.8 Å². The van der Waals surface area contributed by atoms with Gasteiger partial charge in [0.05, 0.1) is 4.90 Å². The molecule has 6 nitrogen and oxygen atoms in total. The van der Waals surface area contributed by atoms with Crippen molar-refractivity contribution in [3.05, 3.63) is 59.2 Å². The van der Waals surface area contributed by atoms with Gasteiger partial charge in [0, 0.05) is 24.8 Å². The maximum Gasteiger partial charge on any atom is 0.321 e. The lowest BCUT2D eigenvalue weighted by Gasteiger charge is -2.32. The molecule has 1 aliphatic rings. The van der Waals surface area contributed by atoms with Crippen molar-refractivity contribution in [1.29, 1.82) is 0 Å². The maximum atomic E-state index is 13.2. The lowest BCUT2D eigenvalue weighted by atomic mass is 9.85. The van der Waals surface area contributed by atoms with Gasteiger partial charge in [0.1, 0.15) is 0 Å². The minimum Gasteiger partial charge on any atom is -0.324 e. The van der Waals surface area contributed by atoms with E-state index in [1.165, 1.54) is 0 Å². The Morgan fingerprint density at radius 2 is 1.55 bits per heavy atom. The van der Waals surface area contributed by atoms with E-state index >= 15 is 0 Å². The Morgan fingerprint density at radius 1 is 1.00 bits per heavy atom. The first-order valence-corrected chi connectivity index (χ1v) is 12.2. The van der Waals surface area contributed by atoms with Crippen LogP contribution < -0.4 is 10.0 Å². The summed E-state index contributed by atoms with van der Waals surface area (Å²) < 4.78 is 29.2. The van der Waals surface area contributed by atoms with E-state index in [0.29, 0.717) is 30.8 Å². The molecule has 3 rings (SSSR count). The third-order valence-corrected chi connectivity index (χ3v) is 7.55. The van der Waals surface area contributed by atoms with Gasteiger partial charge in [-0.3, -0.25) is 0 Å². The minimum atomic E-state index is -3.64. The Balaban J connectivity index is 1.64. The Bertz CT molecular complexity index is 1010. The lowest BCUT2D eigenvalue weighted by Crippen LogP contribution is -2.47. The second kappa shape index (κ2) is 9.01. The molecule has 2 aromatic rings. The van der Waals surface area contributed by atoms with Gasteiger partial charge in [0.25, 0.3) is 0 Å². The lowest BCUT2D eigenvalue weighted by molar-refractivity contribution is 0.193. The molecule has 1 aliphatic heterocycles. The topological polar surface area (TPSA) is 78.5 Å². The summed E-state index contributed by atoms with van der Waals surface area (Å²) in [6, 6.07) is 12.9. The van der Waals surface area contributed by atoms with E-state index in [4.69, 9.17) is 0 Å². The molecule has 0 unspecified atom stereocenters. The van der Waals surface area contributed by atoms with Crippen LogP contribution in [0.4, 0.5) is 10.5 Å². The van der Waals surface area contributed by atoms with Gasteiger partial charge in [-0.05, 0) is 60.9 Å². The average molecular weight is 444 g/mol. The highest BCUT2D eigenvalue weighted by molar-refractivity contribution is 7.89. The summed E-state index contributed by atoms with van der Waals surface area (Å²) in [5, 5.41) is 2.88. The molecule has 1 heterocycles. The third-order valence-electron chi connectivity index (χ3n) is 5.72. The number of hydrogen-bond acceptors (Lipinski definition) is 3. The zero-order valence-electron chi connectivity index (χ0n) is 19.0. The summed E-state index contributed by atoms with van der Waals surface area (Å²) in [6.45, 7) is 11.1. The van der Waals surface area contributed by atoms with Crippen molar-refractivity contribution in [3.8, 4) is 0 Å². The summed E-state index contributed by atoms with van der Waals surface area (Å²) in [7, 11) is -3.64. The Labute approximate surface area is 186 Å². The van der Waals surface area contributed by atoms with Crippen LogP contribution in [0.15, 0.2) is 47.4 Å². The van der Waals surface area contributed by atoms with Crippen molar-refractivity contribution in [1.82, 2.24) is 9.62 Å². The van der Waals surface area contributed by atoms with E-state index in [1.807, 2.05) is 56.3 Å². The van der Waals surface area contributed by atoms with Gasteiger partial charge in [-0.1, -0.05) is 51.1 Å². The average Bonchev–Trinajstić information content (AvgIpc) is 2.67. The largest absolute Gasteiger partial charge is 0.324 e. The van der Waals surface area contributed by atoms with E-state index in [1.54, 1.807) is 4.90 Å². The predicted octanol–water partition coefficient (Wildman–Crippen LogP) is 4.58. The molecule has 1 saturated heterocycles. The zero-order valence-corrected chi connectivity index (χ0v) is 19.8. The Morgan fingerprint density at radius 3 is 2.06 bits per heavy atom. The van der Waals surface area contributed by atoms with Gasteiger partial charge in [-0.2, -0.15) is 0 Å². The number of urea groups is 1. The van der Waals surface area contributed by atoms with Crippen LogP contribution in [0.2, 0.25) is 0 Å². The molecule has 2 N–H and O–H groups in total. The van der Waals surface area contributed by atoms with Crippen LogP contribution >= 0.6 is 0 Å². The van der Waals surface area contributed by atoms with Gasteiger partial charge in [-0.15, -0.1) is 0 Å². The predicted molar refractivity (Wildman–Crippen MR) is 125 cm³/mol. The van der Waals surface area contributed by atoms with Crippen LogP contribution in [0.5, 0.6) is 0 Å². The number of sulfonamides is 1. The Kier molecular flexibility index (Phi) is 6.76. The van der Waals surface area contributed by atoms with E-state index in [-0.39, 0.29) is 17.5 Å². The molecule has 0 aliphatic carbocycles. The van der Waals surface area contributed by atoms with Crippen LogP contribution in [0.3, 0.4) is 0 Å². The number of carbonyl (C=O) groups excluding carboxylic acids is 1. The summed E-state index contributed by atoms with van der Waals surface area (Å²) in [5.74, 6) is 0. The summed E-state index contributed by atoms with van der Waals surface area (Å²) in [5.41, 5.74) is 3.35. The van der Waals surface area contributed by atoms with Crippen LogP contribution in [-0.2, 0) is 15.4 Å². The molecular weight excluding hydrogens is 410 g/mol. The number of para-hydroxylation sites is 1. The Hall–Kier alpha value is -2.38. The van der Waals surface area contributed by atoms with E-state index in [9.17, 15) is 13.2 Å². The number of piperidine rings is 1. The highest BCUT2D eigenvalue weighted by atomic mass is 32.2. The van der Waals surface area contributed by atoms with Crippen LogP contribution in [0.25, 0.3) is 0 Å². The van der Waals surface area contributed by atoms with E-state index in [0.717, 1.165) is 22.4 Å². The van der Waals surface area contributed by atoms with Crippen molar-refractivity contribution in [2.45, 2.75) is 63.8 Å². The molecule has 2 aromatic carbocycles. The molecular formula is C24H33N3O3S. The fourth-order valence-electron chi connectivity index (χ4n) is 4.01. The number of rotatable bonds is 4. The first-order valence-electron chi connectivity index (χ1n) is 10.7. The molecule has 0 saturated carbocycles. The first kappa shape index (κ1) is 23.3. The fourth-order valence-corrected chi connectivity index (χ4v) is 5.77. The molecule has 7 heteroatoms. The number of amides is 2. The SMILES string of the molecule is Cc1cc(C(C)(C)C)cc(C)c1S(=O)(=O)NC1CCN(C(=O)Nc2ccccc2)CC1. The van der Waals surface area contributed by atoms with Crippen molar-refractivity contribution < 1.29 is 13.2 Å². The van der Waals surface area contributed by atoms with Crippen molar-refractivity contribution in [2.75, 3.05) is 18.4 Å². The standard InChI is InChI=1S/C24H33N3O3S/c1-17-15-19(24(3,4)5)16-18(2)22(17)31(29,30)26-21-11-13-27(14-12-21)23(28)25-20-9-7-6-8-10-20/h6-10,15-16,21,26H,11-14H2,1-5H3,(H,25,28). The number of aryl methyl sites for hydroxylation is 2. The quantitative estimate of drug-likeness (QED) is 0.726. The number of anilines is 1. The van der Waals surface area contributed by atoms with Crippen LogP contribution in [-0.4, -0.2) is 38.5 Å². The first-order chi connectivity index (χ1) is 14.5. The van der Waals surface area contributed by atoms with Gasteiger partial charge in [0.2, 0.25) is 10.0 Å². The minimum absolute atomic E-state index is 0.0433. The zero-order chi connectivity index (χ0) is 22.8. The second-order valence-electron chi connectivity index (χ2n) is 9.37. The normalized spacial score (nSPS) is 15.7. The molecule has 168 valence electrons. The summed E-state index contributed by atoms with van der Waals surface area (Å²) in [6.07, 6.45) is 1.17. The van der Waals surface area contributed by atoms with Gasteiger partial charge in [0.15, 0.2) is 0 Å². The molecule has 31 heavy (non-hydrogen) atoms. The fraction of sp³-hybridized carbons (Fsp3) is 0.458. The number of likely N-dealkylation sites (tertiary alicyclic amines) is 1. The van der Waals surface area contributed by atoms with Crippen LogP contribution in [0, 0.1) is 13.8 Å². The molecule has 0 atom stereocenters. The maximum absolute atomic E-state index is 13.2. The monoisotopic (exact) mass is 443 g/mol. The van der Waals surface area contributed by atoms with Gasteiger partial charge >= 0.3 is 6.03 Å². The second-order valence-corrected chi connectivity index (χ2v) is 11.0. The van der Waals surface area contributed by atoms with Crippen LogP contribution in [0.1, 0.15) is 50.3 Å². The smallest absolute Gasteiger partial charge is 0.321 e. The van der Waals surface area contributed by atoms with Crippen molar-refractivity contribution >= 4 is 21.7 Å². The summed E-state index contributed by atoms with van der Waals surface area (Å²) >= 11 is 0. The van der Waals surface area contributed by atoms with Crippen molar-refractivity contribution in [3.63, 3.8) is 0 Å². The number of nitrogens with zero attached hydrogens (tertiary/aromatic N) is 1. The van der Waals surface area contributed by atoms with Gasteiger partial charge < -0.3 is 10.2 Å². The molecule has 2 amide bonds. The molecule has 0 spiro atoms.